The van der Waals surface area contributed by atoms with Crippen LogP contribution in [0.4, 0.5) is 28.5 Å². The lowest BCUT2D eigenvalue weighted by molar-refractivity contribution is -0.275. The predicted molar refractivity (Wildman–Crippen MR) is 70.8 cm³/mol. The van der Waals surface area contributed by atoms with E-state index in [1.54, 1.807) is 5.38 Å². The maximum absolute atomic E-state index is 13.8. The number of nitrogen functional groups attached to an aromatic ring is 1. The molecule has 2 rings (SSSR count). The third-order valence-electron chi connectivity index (χ3n) is 2.10. The third kappa shape index (κ3) is 4.31. The first kappa shape index (κ1) is 15.0. The van der Waals surface area contributed by atoms with Crippen molar-refractivity contribution < 1.29 is 22.3 Å². The van der Waals surface area contributed by atoms with E-state index in [2.05, 4.69) is 20.2 Å². The lowest BCUT2D eigenvalue weighted by Gasteiger charge is -2.10. The summed E-state index contributed by atoms with van der Waals surface area (Å²) in [7, 11) is 0. The van der Waals surface area contributed by atoms with E-state index < -0.39 is 17.9 Å². The number of halogens is 4. The van der Waals surface area contributed by atoms with Crippen LogP contribution in [0.1, 0.15) is 5.56 Å². The Morgan fingerprint density at radius 1 is 1.38 bits per heavy atom. The van der Waals surface area contributed by atoms with Crippen LogP contribution in [0.25, 0.3) is 0 Å². The summed E-state index contributed by atoms with van der Waals surface area (Å²) >= 11 is 1.17. The normalized spacial score (nSPS) is 11.8. The van der Waals surface area contributed by atoms with Gasteiger partial charge >= 0.3 is 6.36 Å². The fourth-order valence-electron chi connectivity index (χ4n) is 1.33. The second-order valence-electron chi connectivity index (χ2n) is 3.65. The van der Waals surface area contributed by atoms with Crippen molar-refractivity contribution in [2.24, 2.45) is 5.10 Å². The number of aromatic nitrogens is 1. The summed E-state index contributed by atoms with van der Waals surface area (Å²) < 4.78 is 53.5. The molecule has 10 heteroatoms. The number of anilines is 2. The maximum atomic E-state index is 13.8. The van der Waals surface area contributed by atoms with Crippen molar-refractivity contribution in [3.63, 3.8) is 0 Å². The first-order valence-electron chi connectivity index (χ1n) is 5.39. The van der Waals surface area contributed by atoms with Gasteiger partial charge in [-0.1, -0.05) is 12.1 Å². The van der Waals surface area contributed by atoms with E-state index in [-0.39, 0.29) is 5.56 Å². The van der Waals surface area contributed by atoms with Gasteiger partial charge in [-0.25, -0.2) is 9.37 Å². The van der Waals surface area contributed by atoms with Gasteiger partial charge < -0.3 is 10.5 Å². The number of nitrogens with zero attached hydrogens (tertiary/aromatic N) is 2. The number of hydrazone groups is 1. The predicted octanol–water partition coefficient (Wildman–Crippen LogP) is 3.21. The molecule has 0 saturated carbocycles. The molecule has 0 spiro atoms. The van der Waals surface area contributed by atoms with Gasteiger partial charge in [0.05, 0.1) is 6.21 Å². The topological polar surface area (TPSA) is 72.5 Å². The minimum atomic E-state index is -4.97. The molecule has 0 aliphatic rings. The molecule has 21 heavy (non-hydrogen) atoms. The quantitative estimate of drug-likeness (QED) is 0.515. The molecule has 0 aliphatic heterocycles. The summed E-state index contributed by atoms with van der Waals surface area (Å²) in [6, 6.07) is 3.34. The molecule has 5 nitrogen and oxygen atoms in total. The van der Waals surface area contributed by atoms with Crippen molar-refractivity contribution >= 4 is 28.5 Å². The summed E-state index contributed by atoms with van der Waals surface area (Å²) in [5, 5.41) is 5.60. The van der Waals surface area contributed by atoms with E-state index in [9.17, 15) is 17.6 Å². The molecule has 0 radical (unpaired) electrons. The van der Waals surface area contributed by atoms with E-state index in [0.717, 1.165) is 12.3 Å². The highest BCUT2D eigenvalue weighted by Gasteiger charge is 2.32. The van der Waals surface area contributed by atoms with E-state index in [1.165, 1.54) is 23.5 Å². The molecule has 0 fully saturated rings. The Morgan fingerprint density at radius 2 is 2.14 bits per heavy atom. The molecule has 0 unspecified atom stereocenters. The first-order chi connectivity index (χ1) is 9.85. The Kier molecular flexibility index (Phi) is 4.26. The van der Waals surface area contributed by atoms with Crippen molar-refractivity contribution in [2.45, 2.75) is 6.36 Å². The van der Waals surface area contributed by atoms with Crippen LogP contribution in [-0.2, 0) is 0 Å². The molecule has 0 amide bonds. The molecule has 0 saturated heterocycles. The number of ether oxygens (including phenoxy) is 1. The van der Waals surface area contributed by atoms with Crippen molar-refractivity contribution in [2.75, 3.05) is 11.2 Å². The monoisotopic (exact) mass is 320 g/mol. The zero-order valence-electron chi connectivity index (χ0n) is 10.2. The average molecular weight is 320 g/mol. The van der Waals surface area contributed by atoms with Crippen LogP contribution in [-0.4, -0.2) is 17.6 Å². The van der Waals surface area contributed by atoms with Gasteiger partial charge in [0.1, 0.15) is 5.82 Å². The number of hydrogen-bond acceptors (Lipinski definition) is 6. The Morgan fingerprint density at radius 3 is 2.76 bits per heavy atom. The number of thiazole rings is 1. The first-order valence-corrected chi connectivity index (χ1v) is 6.27. The number of nitrogens with one attached hydrogen (secondary N) is 1. The minimum absolute atomic E-state index is 0.172. The standard InChI is InChI=1S/C11H8F4N4OS/c12-9-6(2-1-3-7(9)20-11(13,14)15)4-17-19-10-18-8(16)5-21-10/h1-5H,16H2,(H,18,19). The Labute approximate surface area is 120 Å². The van der Waals surface area contributed by atoms with Gasteiger partial charge in [-0.3, -0.25) is 5.43 Å². The third-order valence-corrected chi connectivity index (χ3v) is 2.87. The van der Waals surface area contributed by atoms with Crippen LogP contribution in [0.15, 0.2) is 28.7 Å². The lowest BCUT2D eigenvalue weighted by Crippen LogP contribution is -2.18. The average Bonchev–Trinajstić information content (AvgIpc) is 2.78. The van der Waals surface area contributed by atoms with Crippen LogP contribution in [0.3, 0.4) is 0 Å². The summed E-state index contributed by atoms with van der Waals surface area (Å²) in [6.07, 6.45) is -3.95. The summed E-state index contributed by atoms with van der Waals surface area (Å²) in [5.41, 5.74) is 7.69. The molecule has 1 heterocycles. The highest BCUT2D eigenvalue weighted by Crippen LogP contribution is 2.26. The van der Waals surface area contributed by atoms with E-state index >= 15 is 0 Å². The fraction of sp³-hybridized carbons (Fsp3) is 0.0909. The largest absolute Gasteiger partial charge is 0.573 e. The Balaban J connectivity index is 2.11. The number of nitrogens with two attached hydrogens (primary N) is 1. The molecule has 2 aromatic rings. The molecule has 0 atom stereocenters. The molecule has 3 N–H and O–H groups in total. The van der Waals surface area contributed by atoms with E-state index in [4.69, 9.17) is 5.73 Å². The van der Waals surface area contributed by atoms with Gasteiger partial charge in [-0.2, -0.15) is 5.10 Å². The molecule has 0 bridgehead atoms. The second kappa shape index (κ2) is 5.95. The minimum Gasteiger partial charge on any atom is -0.403 e. The van der Waals surface area contributed by atoms with Gasteiger partial charge in [0, 0.05) is 10.9 Å². The molecule has 1 aromatic heterocycles. The van der Waals surface area contributed by atoms with Crippen LogP contribution in [0.5, 0.6) is 5.75 Å². The van der Waals surface area contributed by atoms with Crippen LogP contribution in [0, 0.1) is 5.82 Å². The maximum Gasteiger partial charge on any atom is 0.573 e. The number of hydrogen-bond donors (Lipinski definition) is 2. The fourth-order valence-corrected chi connectivity index (χ4v) is 1.87. The number of benzene rings is 1. The number of rotatable bonds is 4. The second-order valence-corrected chi connectivity index (χ2v) is 4.51. The zero-order chi connectivity index (χ0) is 15.5. The zero-order valence-corrected chi connectivity index (χ0v) is 11.0. The summed E-state index contributed by atoms with van der Waals surface area (Å²) in [6.45, 7) is 0. The SMILES string of the molecule is Nc1csc(NN=Cc2cccc(OC(F)(F)F)c2F)n1. The Bertz CT molecular complexity index is 656. The highest BCUT2D eigenvalue weighted by molar-refractivity contribution is 7.14. The molecule has 1 aromatic carbocycles. The molecule has 0 aliphatic carbocycles. The van der Waals surface area contributed by atoms with Crippen LogP contribution in [0.2, 0.25) is 0 Å². The van der Waals surface area contributed by atoms with Gasteiger partial charge in [-0.15, -0.1) is 24.5 Å². The van der Waals surface area contributed by atoms with Gasteiger partial charge in [-0.05, 0) is 6.07 Å². The summed E-state index contributed by atoms with van der Waals surface area (Å²) in [5.74, 6) is -1.80. The smallest absolute Gasteiger partial charge is 0.403 e. The van der Waals surface area contributed by atoms with Gasteiger partial charge in [0.25, 0.3) is 0 Å². The molecular formula is C11H8F4N4OS. The summed E-state index contributed by atoms with van der Waals surface area (Å²) in [4.78, 5) is 3.83. The Hall–Kier alpha value is -2.36. The number of alkyl halides is 3. The van der Waals surface area contributed by atoms with Crippen molar-refractivity contribution in [1.82, 2.24) is 4.98 Å². The van der Waals surface area contributed by atoms with E-state index in [1.807, 2.05) is 0 Å². The van der Waals surface area contributed by atoms with Crippen molar-refractivity contribution in [3.8, 4) is 5.75 Å². The van der Waals surface area contributed by atoms with Crippen LogP contribution < -0.4 is 15.9 Å². The van der Waals surface area contributed by atoms with Crippen LogP contribution >= 0.6 is 11.3 Å². The van der Waals surface area contributed by atoms with Gasteiger partial charge in [0.15, 0.2) is 11.6 Å². The lowest BCUT2D eigenvalue weighted by atomic mass is 10.2. The van der Waals surface area contributed by atoms with Crippen molar-refractivity contribution in [3.05, 3.63) is 35.0 Å². The highest BCUT2D eigenvalue weighted by atomic mass is 32.1. The van der Waals surface area contributed by atoms with Crippen molar-refractivity contribution in [1.29, 1.82) is 0 Å². The molecular weight excluding hydrogens is 312 g/mol. The van der Waals surface area contributed by atoms with E-state index in [0.29, 0.717) is 10.9 Å². The molecule has 112 valence electrons. The van der Waals surface area contributed by atoms with Gasteiger partial charge in [0.2, 0.25) is 5.13 Å².